The molecule has 0 bridgehead atoms. The average molecular weight is 222 g/mol. The summed E-state index contributed by atoms with van der Waals surface area (Å²) in [6, 6.07) is 0. The summed E-state index contributed by atoms with van der Waals surface area (Å²) in [6.07, 6.45) is 8.80. The zero-order valence-electron chi connectivity index (χ0n) is 11.1. The van der Waals surface area contributed by atoms with Gasteiger partial charge in [0.25, 0.3) is 0 Å². The lowest BCUT2D eigenvalue weighted by molar-refractivity contribution is 0.180. The van der Waals surface area contributed by atoms with Crippen LogP contribution in [-0.2, 0) is 0 Å². The summed E-state index contributed by atoms with van der Waals surface area (Å²) >= 11 is 0. The monoisotopic (exact) mass is 222 g/mol. The molecule has 0 aromatic rings. The molecule has 2 nitrogen and oxygen atoms in total. The standard InChI is InChI=1S/C14H26N2/c1-5-6-9-16-10-7-13(8-11-16)12-15-14(2,3)4/h1,13,15H,6-12H2,2-4H3. The highest BCUT2D eigenvalue weighted by atomic mass is 15.1. The fraction of sp³-hybridized carbons (Fsp3) is 0.857. The van der Waals surface area contributed by atoms with Gasteiger partial charge in [-0.2, -0.15) is 0 Å². The molecule has 1 fully saturated rings. The minimum atomic E-state index is 0.251. The first-order valence-electron chi connectivity index (χ1n) is 6.42. The summed E-state index contributed by atoms with van der Waals surface area (Å²) in [5.41, 5.74) is 0.251. The van der Waals surface area contributed by atoms with E-state index >= 15 is 0 Å². The molecule has 0 aromatic carbocycles. The SMILES string of the molecule is C#CCCN1CCC(CNC(C)(C)C)CC1. The van der Waals surface area contributed by atoms with Gasteiger partial charge in [-0.15, -0.1) is 12.3 Å². The molecule has 1 heterocycles. The normalized spacial score (nSPS) is 19.6. The van der Waals surface area contributed by atoms with E-state index in [2.05, 4.69) is 36.9 Å². The molecule has 0 saturated carbocycles. The molecule has 0 spiro atoms. The number of hydrogen-bond donors (Lipinski definition) is 1. The van der Waals surface area contributed by atoms with Gasteiger partial charge >= 0.3 is 0 Å². The lowest BCUT2D eigenvalue weighted by atomic mass is 9.95. The number of likely N-dealkylation sites (tertiary alicyclic amines) is 1. The highest BCUT2D eigenvalue weighted by molar-refractivity contribution is 4.86. The summed E-state index contributed by atoms with van der Waals surface area (Å²) in [4.78, 5) is 2.49. The van der Waals surface area contributed by atoms with Crippen LogP contribution in [0.2, 0.25) is 0 Å². The van der Waals surface area contributed by atoms with Crippen molar-refractivity contribution in [3.63, 3.8) is 0 Å². The fourth-order valence-electron chi connectivity index (χ4n) is 2.09. The predicted molar refractivity (Wildman–Crippen MR) is 70.4 cm³/mol. The third-order valence-corrected chi connectivity index (χ3v) is 3.20. The maximum absolute atomic E-state index is 5.28. The first-order valence-corrected chi connectivity index (χ1v) is 6.42. The molecule has 1 aliphatic heterocycles. The van der Waals surface area contributed by atoms with E-state index in [1.807, 2.05) is 0 Å². The zero-order chi connectivity index (χ0) is 12.0. The van der Waals surface area contributed by atoms with Crippen LogP contribution in [-0.4, -0.2) is 36.6 Å². The molecular weight excluding hydrogens is 196 g/mol. The van der Waals surface area contributed by atoms with Gasteiger partial charge in [-0.25, -0.2) is 0 Å². The van der Waals surface area contributed by atoms with Crippen LogP contribution in [0.1, 0.15) is 40.0 Å². The summed E-state index contributed by atoms with van der Waals surface area (Å²) in [5.74, 6) is 3.57. The number of rotatable bonds is 4. The Bertz CT molecular complexity index is 226. The van der Waals surface area contributed by atoms with Gasteiger partial charge in [0.05, 0.1) is 0 Å². The molecular formula is C14H26N2. The number of piperidine rings is 1. The van der Waals surface area contributed by atoms with Crippen molar-refractivity contribution in [1.82, 2.24) is 10.2 Å². The highest BCUT2D eigenvalue weighted by Crippen LogP contribution is 2.17. The molecule has 1 saturated heterocycles. The Balaban J connectivity index is 2.15. The molecule has 0 aliphatic carbocycles. The van der Waals surface area contributed by atoms with E-state index in [0.29, 0.717) is 0 Å². The van der Waals surface area contributed by atoms with Crippen molar-refractivity contribution in [1.29, 1.82) is 0 Å². The number of nitrogens with zero attached hydrogens (tertiary/aromatic N) is 1. The Morgan fingerprint density at radius 3 is 2.44 bits per heavy atom. The van der Waals surface area contributed by atoms with Gasteiger partial charge in [0, 0.05) is 18.5 Å². The van der Waals surface area contributed by atoms with Crippen LogP contribution in [0.4, 0.5) is 0 Å². The predicted octanol–water partition coefficient (Wildman–Crippen LogP) is 2.11. The highest BCUT2D eigenvalue weighted by Gasteiger charge is 2.20. The van der Waals surface area contributed by atoms with Crippen LogP contribution in [0.5, 0.6) is 0 Å². The first kappa shape index (κ1) is 13.5. The smallest absolute Gasteiger partial charge is 0.0214 e. The average Bonchev–Trinajstić information content (AvgIpc) is 2.24. The number of terminal acetylenes is 1. The van der Waals surface area contributed by atoms with Crippen molar-refractivity contribution >= 4 is 0 Å². The lowest BCUT2D eigenvalue weighted by Crippen LogP contribution is -2.43. The summed E-state index contributed by atoms with van der Waals surface area (Å²) in [6.45, 7) is 11.4. The van der Waals surface area contributed by atoms with Crippen molar-refractivity contribution in [2.45, 2.75) is 45.6 Å². The molecule has 0 radical (unpaired) electrons. The molecule has 0 amide bonds. The van der Waals surface area contributed by atoms with E-state index in [1.165, 1.54) is 25.9 Å². The lowest BCUT2D eigenvalue weighted by Gasteiger charge is -2.33. The van der Waals surface area contributed by atoms with Crippen molar-refractivity contribution in [2.75, 3.05) is 26.2 Å². The minimum Gasteiger partial charge on any atom is -0.312 e. The first-order chi connectivity index (χ1) is 7.51. The molecule has 2 heteroatoms. The van der Waals surface area contributed by atoms with Crippen LogP contribution in [0.3, 0.4) is 0 Å². The van der Waals surface area contributed by atoms with Gasteiger partial charge in [0.15, 0.2) is 0 Å². The largest absolute Gasteiger partial charge is 0.312 e. The van der Waals surface area contributed by atoms with Crippen molar-refractivity contribution in [3.05, 3.63) is 0 Å². The Hall–Kier alpha value is -0.520. The van der Waals surface area contributed by atoms with Gasteiger partial charge in [0.2, 0.25) is 0 Å². The Morgan fingerprint density at radius 1 is 1.31 bits per heavy atom. The second kappa shape index (κ2) is 6.27. The van der Waals surface area contributed by atoms with Crippen LogP contribution in [0.15, 0.2) is 0 Å². The summed E-state index contributed by atoms with van der Waals surface area (Å²) in [7, 11) is 0. The van der Waals surface area contributed by atoms with E-state index in [-0.39, 0.29) is 5.54 Å². The van der Waals surface area contributed by atoms with Gasteiger partial charge in [0.1, 0.15) is 0 Å². The van der Waals surface area contributed by atoms with Crippen LogP contribution in [0.25, 0.3) is 0 Å². The molecule has 1 aliphatic rings. The molecule has 16 heavy (non-hydrogen) atoms. The van der Waals surface area contributed by atoms with Gasteiger partial charge in [-0.1, -0.05) is 0 Å². The second-order valence-electron chi connectivity index (χ2n) is 5.87. The Kier molecular flexibility index (Phi) is 5.31. The van der Waals surface area contributed by atoms with Gasteiger partial charge < -0.3 is 10.2 Å². The Morgan fingerprint density at radius 2 is 1.94 bits per heavy atom. The number of nitrogens with one attached hydrogen (secondary N) is 1. The van der Waals surface area contributed by atoms with Crippen molar-refractivity contribution in [3.8, 4) is 12.3 Å². The van der Waals surface area contributed by atoms with E-state index < -0.39 is 0 Å². The summed E-state index contributed by atoms with van der Waals surface area (Å²) < 4.78 is 0. The maximum Gasteiger partial charge on any atom is 0.0214 e. The van der Waals surface area contributed by atoms with E-state index in [1.54, 1.807) is 0 Å². The van der Waals surface area contributed by atoms with E-state index in [0.717, 1.165) is 25.4 Å². The fourth-order valence-corrected chi connectivity index (χ4v) is 2.09. The second-order valence-corrected chi connectivity index (χ2v) is 5.87. The maximum atomic E-state index is 5.28. The molecule has 1 N–H and O–H groups in total. The van der Waals surface area contributed by atoms with Crippen LogP contribution < -0.4 is 5.32 Å². The summed E-state index contributed by atoms with van der Waals surface area (Å²) in [5, 5.41) is 3.60. The van der Waals surface area contributed by atoms with Crippen molar-refractivity contribution < 1.29 is 0 Å². The van der Waals surface area contributed by atoms with Gasteiger partial charge in [-0.05, 0) is 59.2 Å². The van der Waals surface area contributed by atoms with E-state index in [4.69, 9.17) is 6.42 Å². The quantitative estimate of drug-likeness (QED) is 0.733. The minimum absolute atomic E-state index is 0.251. The molecule has 0 atom stereocenters. The number of hydrogen-bond acceptors (Lipinski definition) is 2. The van der Waals surface area contributed by atoms with Gasteiger partial charge in [-0.3, -0.25) is 0 Å². The Labute approximate surface area is 101 Å². The van der Waals surface area contributed by atoms with Crippen molar-refractivity contribution in [2.24, 2.45) is 5.92 Å². The zero-order valence-corrected chi connectivity index (χ0v) is 11.1. The van der Waals surface area contributed by atoms with Crippen LogP contribution >= 0.6 is 0 Å². The third-order valence-electron chi connectivity index (χ3n) is 3.20. The topological polar surface area (TPSA) is 15.3 Å². The van der Waals surface area contributed by atoms with Crippen LogP contribution in [0, 0.1) is 18.3 Å². The molecule has 0 aromatic heterocycles. The third kappa shape index (κ3) is 5.53. The molecule has 92 valence electrons. The molecule has 0 unspecified atom stereocenters. The molecule has 1 rings (SSSR count). The van der Waals surface area contributed by atoms with E-state index in [9.17, 15) is 0 Å².